The minimum Gasteiger partial charge on any atom is -0.454 e. The fourth-order valence-electron chi connectivity index (χ4n) is 3.41. The predicted octanol–water partition coefficient (Wildman–Crippen LogP) is 3.79. The molecule has 0 unspecified atom stereocenters. The van der Waals surface area contributed by atoms with E-state index in [2.05, 4.69) is 10.6 Å². The smallest absolute Gasteiger partial charge is 0.243 e. The topological polar surface area (TPSA) is 79.9 Å². The Morgan fingerprint density at radius 2 is 1.48 bits per heavy atom. The third-order valence-corrected chi connectivity index (χ3v) is 7.06. The molecule has 2 N–H and O–H groups in total. The van der Waals surface area contributed by atoms with Gasteiger partial charge in [-0.1, -0.05) is 12.8 Å². The Morgan fingerprint density at radius 1 is 0.862 bits per heavy atom. The molecule has 2 aliphatic rings. The Labute approximate surface area is 176 Å². The van der Waals surface area contributed by atoms with Gasteiger partial charge in [-0.3, -0.25) is 0 Å². The third kappa shape index (κ3) is 4.63. The van der Waals surface area contributed by atoms with Gasteiger partial charge >= 0.3 is 0 Å². The largest absolute Gasteiger partial charge is 0.454 e. The molecule has 154 valence electrons. The van der Waals surface area contributed by atoms with Gasteiger partial charge in [0.25, 0.3) is 0 Å². The van der Waals surface area contributed by atoms with Gasteiger partial charge in [0.2, 0.25) is 16.8 Å². The summed E-state index contributed by atoms with van der Waals surface area (Å²) in [7, 11) is -3.45. The standard InChI is InChI=1S/C20H23N3O4S2/c24-29(25,23-11-3-1-2-4-12-23)17-8-5-15(6-9-17)21-20(28)22-16-7-10-18-19(13-16)27-14-26-18/h5-10,13H,1-4,11-12,14H2,(H2,21,22,28). The van der Waals surface area contributed by atoms with Gasteiger partial charge in [-0.05, 0) is 61.5 Å². The summed E-state index contributed by atoms with van der Waals surface area (Å²) in [4.78, 5) is 0.305. The molecule has 2 aromatic rings. The van der Waals surface area contributed by atoms with Crippen molar-refractivity contribution in [3.63, 3.8) is 0 Å². The first kappa shape index (κ1) is 19.9. The number of nitrogens with zero attached hydrogens (tertiary/aromatic N) is 1. The molecule has 0 saturated carbocycles. The Hall–Kier alpha value is -2.36. The number of rotatable bonds is 4. The summed E-state index contributed by atoms with van der Waals surface area (Å²) in [6.07, 6.45) is 4.00. The molecule has 1 saturated heterocycles. The van der Waals surface area contributed by atoms with E-state index in [0.717, 1.165) is 31.4 Å². The van der Waals surface area contributed by atoms with Crippen LogP contribution in [0.15, 0.2) is 47.4 Å². The van der Waals surface area contributed by atoms with Crippen LogP contribution in [0.1, 0.15) is 25.7 Å². The molecule has 0 aliphatic carbocycles. The SMILES string of the molecule is O=S(=O)(c1ccc(NC(=S)Nc2ccc3c(c2)OCO3)cc1)N1CCCCCC1. The van der Waals surface area contributed by atoms with Crippen molar-refractivity contribution in [1.29, 1.82) is 0 Å². The van der Waals surface area contributed by atoms with E-state index in [-0.39, 0.29) is 6.79 Å². The maximum atomic E-state index is 12.9. The summed E-state index contributed by atoms with van der Waals surface area (Å²) in [6.45, 7) is 1.39. The lowest BCUT2D eigenvalue weighted by Gasteiger charge is -2.20. The summed E-state index contributed by atoms with van der Waals surface area (Å²) in [5.74, 6) is 1.37. The van der Waals surface area contributed by atoms with Crippen molar-refractivity contribution in [1.82, 2.24) is 4.31 Å². The number of benzene rings is 2. The lowest BCUT2D eigenvalue weighted by molar-refractivity contribution is 0.174. The van der Waals surface area contributed by atoms with Crippen molar-refractivity contribution in [2.45, 2.75) is 30.6 Å². The highest BCUT2D eigenvalue weighted by atomic mass is 32.2. The highest BCUT2D eigenvalue weighted by molar-refractivity contribution is 7.89. The number of thiocarbonyl (C=S) groups is 1. The number of nitrogens with one attached hydrogen (secondary N) is 2. The average Bonchev–Trinajstić information content (AvgIpc) is 2.99. The molecular formula is C20H23N3O4S2. The van der Waals surface area contributed by atoms with Crippen LogP contribution in [0.4, 0.5) is 11.4 Å². The lowest BCUT2D eigenvalue weighted by atomic mass is 10.2. The highest BCUT2D eigenvalue weighted by Crippen LogP contribution is 2.34. The van der Waals surface area contributed by atoms with E-state index in [4.69, 9.17) is 21.7 Å². The van der Waals surface area contributed by atoms with Crippen LogP contribution in [-0.2, 0) is 10.0 Å². The normalized spacial score (nSPS) is 16.8. The van der Waals surface area contributed by atoms with Crippen LogP contribution in [0, 0.1) is 0 Å². The van der Waals surface area contributed by atoms with Crippen molar-refractivity contribution in [3.8, 4) is 11.5 Å². The fraction of sp³-hybridized carbons (Fsp3) is 0.350. The first-order valence-electron chi connectivity index (χ1n) is 9.60. The van der Waals surface area contributed by atoms with Crippen LogP contribution < -0.4 is 20.1 Å². The van der Waals surface area contributed by atoms with E-state index in [0.29, 0.717) is 40.3 Å². The van der Waals surface area contributed by atoms with Crippen molar-refractivity contribution >= 4 is 38.7 Å². The fourth-order valence-corrected chi connectivity index (χ4v) is 5.16. The van der Waals surface area contributed by atoms with Crippen LogP contribution in [0.2, 0.25) is 0 Å². The van der Waals surface area contributed by atoms with Gasteiger partial charge in [0.1, 0.15) is 0 Å². The first-order chi connectivity index (χ1) is 14.0. The molecule has 4 rings (SSSR count). The second kappa shape index (κ2) is 8.56. The number of hydrogen-bond donors (Lipinski definition) is 2. The lowest BCUT2D eigenvalue weighted by Crippen LogP contribution is -2.31. The Balaban J connectivity index is 1.39. The summed E-state index contributed by atoms with van der Waals surface area (Å²) < 4.78 is 37.9. The van der Waals surface area contributed by atoms with Crippen LogP contribution in [0.25, 0.3) is 0 Å². The molecule has 1 fully saturated rings. The van der Waals surface area contributed by atoms with Gasteiger partial charge in [0, 0.05) is 30.5 Å². The molecule has 0 bridgehead atoms. The zero-order chi connectivity index (χ0) is 20.3. The number of fused-ring (bicyclic) bond motifs is 1. The van der Waals surface area contributed by atoms with Gasteiger partial charge in [0.05, 0.1) is 4.90 Å². The molecule has 29 heavy (non-hydrogen) atoms. The summed E-state index contributed by atoms with van der Waals surface area (Å²) in [5.41, 5.74) is 1.48. The van der Waals surface area contributed by atoms with Gasteiger partial charge in [-0.15, -0.1) is 0 Å². The Bertz CT molecular complexity index is 985. The van der Waals surface area contributed by atoms with Crippen molar-refractivity contribution in [2.24, 2.45) is 0 Å². The van der Waals surface area contributed by atoms with Crippen molar-refractivity contribution < 1.29 is 17.9 Å². The number of hydrogen-bond acceptors (Lipinski definition) is 5. The van der Waals surface area contributed by atoms with Crippen LogP contribution >= 0.6 is 12.2 Å². The van der Waals surface area contributed by atoms with E-state index >= 15 is 0 Å². The average molecular weight is 434 g/mol. The van der Waals surface area contributed by atoms with E-state index in [1.54, 1.807) is 28.6 Å². The molecule has 0 atom stereocenters. The van der Waals surface area contributed by atoms with E-state index in [1.165, 1.54) is 0 Å². The molecule has 7 nitrogen and oxygen atoms in total. The molecule has 9 heteroatoms. The number of sulfonamides is 1. The second-order valence-corrected chi connectivity index (χ2v) is 9.34. The molecular weight excluding hydrogens is 410 g/mol. The highest BCUT2D eigenvalue weighted by Gasteiger charge is 2.25. The molecule has 0 spiro atoms. The van der Waals surface area contributed by atoms with Gasteiger partial charge in [0.15, 0.2) is 16.6 Å². The van der Waals surface area contributed by atoms with Gasteiger partial charge < -0.3 is 20.1 Å². The minimum atomic E-state index is -3.45. The van der Waals surface area contributed by atoms with E-state index < -0.39 is 10.0 Å². The molecule has 0 aromatic heterocycles. The van der Waals surface area contributed by atoms with Crippen LogP contribution in [0.3, 0.4) is 0 Å². The number of anilines is 2. The maximum absolute atomic E-state index is 12.9. The molecule has 0 amide bonds. The third-order valence-electron chi connectivity index (χ3n) is 4.95. The minimum absolute atomic E-state index is 0.216. The predicted molar refractivity (Wildman–Crippen MR) is 116 cm³/mol. The second-order valence-electron chi connectivity index (χ2n) is 6.99. The molecule has 0 radical (unpaired) electrons. The van der Waals surface area contributed by atoms with Crippen LogP contribution in [0.5, 0.6) is 11.5 Å². The summed E-state index contributed by atoms with van der Waals surface area (Å²) >= 11 is 5.35. The van der Waals surface area contributed by atoms with E-state index in [9.17, 15) is 8.42 Å². The molecule has 2 heterocycles. The van der Waals surface area contributed by atoms with Gasteiger partial charge in [-0.2, -0.15) is 4.31 Å². The van der Waals surface area contributed by atoms with Gasteiger partial charge in [-0.25, -0.2) is 8.42 Å². The number of ether oxygens (including phenoxy) is 2. The van der Waals surface area contributed by atoms with Crippen molar-refractivity contribution in [2.75, 3.05) is 30.5 Å². The Kier molecular flexibility index (Phi) is 5.89. The first-order valence-corrected chi connectivity index (χ1v) is 11.4. The Morgan fingerprint density at radius 3 is 2.21 bits per heavy atom. The van der Waals surface area contributed by atoms with E-state index in [1.807, 2.05) is 18.2 Å². The molecule has 2 aliphatic heterocycles. The quantitative estimate of drug-likeness (QED) is 0.710. The monoisotopic (exact) mass is 433 g/mol. The maximum Gasteiger partial charge on any atom is 0.243 e. The van der Waals surface area contributed by atoms with Crippen molar-refractivity contribution in [3.05, 3.63) is 42.5 Å². The zero-order valence-electron chi connectivity index (χ0n) is 15.9. The summed E-state index contributed by atoms with van der Waals surface area (Å²) in [5, 5.41) is 6.54. The summed E-state index contributed by atoms with van der Waals surface area (Å²) in [6, 6.07) is 12.1. The van der Waals surface area contributed by atoms with Crippen LogP contribution in [-0.4, -0.2) is 37.7 Å². The zero-order valence-corrected chi connectivity index (χ0v) is 17.5. The molecule has 2 aromatic carbocycles.